The van der Waals surface area contributed by atoms with Crippen molar-refractivity contribution in [2.75, 3.05) is 11.4 Å². The highest BCUT2D eigenvalue weighted by molar-refractivity contribution is 9.10. The summed E-state index contributed by atoms with van der Waals surface area (Å²) in [7, 11) is 0. The van der Waals surface area contributed by atoms with Crippen LogP contribution in [0.15, 0.2) is 46.9 Å². The van der Waals surface area contributed by atoms with E-state index in [0.29, 0.717) is 22.8 Å². The fourth-order valence-electron chi connectivity index (χ4n) is 1.90. The SMILES string of the molecule is CCN(C(=O)c1cc(Cl)cc(Br)c1)c1ccc(F)cc1. The van der Waals surface area contributed by atoms with Crippen molar-refractivity contribution in [3.8, 4) is 0 Å². The number of nitrogens with zero attached hydrogens (tertiary/aromatic N) is 1. The van der Waals surface area contributed by atoms with Crippen molar-refractivity contribution in [3.63, 3.8) is 0 Å². The Morgan fingerprint density at radius 3 is 2.45 bits per heavy atom. The summed E-state index contributed by atoms with van der Waals surface area (Å²) in [6, 6.07) is 10.9. The number of amides is 1. The van der Waals surface area contributed by atoms with Crippen molar-refractivity contribution in [3.05, 3.63) is 63.3 Å². The number of carbonyl (C=O) groups is 1. The molecular formula is C15H12BrClFNO. The average Bonchev–Trinajstić information content (AvgIpc) is 2.40. The average molecular weight is 357 g/mol. The summed E-state index contributed by atoms with van der Waals surface area (Å²) in [5.74, 6) is -0.509. The van der Waals surface area contributed by atoms with Gasteiger partial charge in [-0.3, -0.25) is 4.79 Å². The molecule has 0 aliphatic rings. The summed E-state index contributed by atoms with van der Waals surface area (Å²) in [4.78, 5) is 14.1. The van der Waals surface area contributed by atoms with Crippen LogP contribution in [0.25, 0.3) is 0 Å². The molecule has 1 amide bonds. The Morgan fingerprint density at radius 1 is 1.25 bits per heavy atom. The lowest BCUT2D eigenvalue weighted by atomic mass is 10.2. The third-order valence-corrected chi connectivity index (χ3v) is 3.49. The molecule has 0 heterocycles. The Morgan fingerprint density at radius 2 is 1.90 bits per heavy atom. The van der Waals surface area contributed by atoms with Crippen molar-refractivity contribution >= 4 is 39.1 Å². The highest BCUT2D eigenvalue weighted by Gasteiger charge is 2.17. The maximum absolute atomic E-state index is 13.0. The van der Waals surface area contributed by atoms with Gasteiger partial charge in [0.25, 0.3) is 5.91 Å². The van der Waals surface area contributed by atoms with Crippen LogP contribution in [-0.2, 0) is 0 Å². The van der Waals surface area contributed by atoms with Crippen LogP contribution >= 0.6 is 27.5 Å². The summed E-state index contributed by atoms with van der Waals surface area (Å²) in [5, 5.41) is 0.484. The fourth-order valence-corrected chi connectivity index (χ4v) is 2.76. The first kappa shape index (κ1) is 15.0. The monoisotopic (exact) mass is 355 g/mol. The van der Waals surface area contributed by atoms with E-state index >= 15 is 0 Å². The first-order chi connectivity index (χ1) is 9.51. The van der Waals surface area contributed by atoms with Gasteiger partial charge in [-0.15, -0.1) is 0 Å². The van der Waals surface area contributed by atoms with Crippen LogP contribution < -0.4 is 4.90 Å². The van der Waals surface area contributed by atoms with Gasteiger partial charge in [0.15, 0.2) is 0 Å². The summed E-state index contributed by atoms with van der Waals surface area (Å²) in [5.41, 5.74) is 1.13. The maximum Gasteiger partial charge on any atom is 0.258 e. The molecule has 0 unspecified atom stereocenters. The van der Waals surface area contributed by atoms with E-state index in [1.165, 1.54) is 12.1 Å². The van der Waals surface area contributed by atoms with E-state index in [4.69, 9.17) is 11.6 Å². The van der Waals surface area contributed by atoms with Crippen LogP contribution in [0.3, 0.4) is 0 Å². The molecule has 20 heavy (non-hydrogen) atoms. The summed E-state index contributed by atoms with van der Waals surface area (Å²) < 4.78 is 13.7. The van der Waals surface area contributed by atoms with E-state index in [1.54, 1.807) is 35.2 Å². The van der Waals surface area contributed by atoms with Crippen molar-refractivity contribution < 1.29 is 9.18 Å². The summed E-state index contributed by atoms with van der Waals surface area (Å²) in [6.07, 6.45) is 0. The zero-order chi connectivity index (χ0) is 14.7. The smallest absolute Gasteiger partial charge is 0.258 e. The normalized spacial score (nSPS) is 10.4. The van der Waals surface area contributed by atoms with Gasteiger partial charge in [0, 0.05) is 27.3 Å². The minimum atomic E-state index is -0.331. The van der Waals surface area contributed by atoms with E-state index in [9.17, 15) is 9.18 Å². The van der Waals surface area contributed by atoms with Gasteiger partial charge in [0.05, 0.1) is 0 Å². The Hall–Kier alpha value is -1.39. The van der Waals surface area contributed by atoms with E-state index in [0.717, 1.165) is 4.47 Å². The molecule has 0 fully saturated rings. The molecule has 2 aromatic rings. The number of hydrogen-bond donors (Lipinski definition) is 0. The van der Waals surface area contributed by atoms with Crippen molar-refractivity contribution in [1.29, 1.82) is 0 Å². The number of anilines is 1. The van der Waals surface area contributed by atoms with Crippen LogP contribution in [0.1, 0.15) is 17.3 Å². The minimum Gasteiger partial charge on any atom is -0.309 e. The van der Waals surface area contributed by atoms with E-state index in [2.05, 4.69) is 15.9 Å². The van der Waals surface area contributed by atoms with Gasteiger partial charge in [-0.25, -0.2) is 4.39 Å². The van der Waals surface area contributed by atoms with Gasteiger partial charge < -0.3 is 4.90 Å². The Kier molecular flexibility index (Phi) is 4.78. The maximum atomic E-state index is 13.0. The third-order valence-electron chi connectivity index (χ3n) is 2.81. The number of hydrogen-bond acceptors (Lipinski definition) is 1. The molecule has 0 saturated carbocycles. The second kappa shape index (κ2) is 6.37. The van der Waals surface area contributed by atoms with E-state index in [-0.39, 0.29) is 11.7 Å². The fraction of sp³-hybridized carbons (Fsp3) is 0.133. The molecule has 2 nitrogen and oxygen atoms in total. The lowest BCUT2D eigenvalue weighted by Crippen LogP contribution is -2.30. The number of halogens is 3. The van der Waals surface area contributed by atoms with Crippen molar-refractivity contribution in [1.82, 2.24) is 0 Å². The van der Waals surface area contributed by atoms with Crippen LogP contribution in [-0.4, -0.2) is 12.5 Å². The molecule has 0 radical (unpaired) electrons. The van der Waals surface area contributed by atoms with Gasteiger partial charge >= 0.3 is 0 Å². The molecular weight excluding hydrogens is 345 g/mol. The lowest BCUT2D eigenvalue weighted by Gasteiger charge is -2.21. The second-order valence-corrected chi connectivity index (χ2v) is 5.54. The molecule has 5 heteroatoms. The highest BCUT2D eigenvalue weighted by Crippen LogP contribution is 2.23. The van der Waals surface area contributed by atoms with Gasteiger partial charge in [0.1, 0.15) is 5.82 Å². The molecule has 0 bridgehead atoms. The second-order valence-electron chi connectivity index (χ2n) is 4.18. The number of carbonyl (C=O) groups excluding carboxylic acids is 1. The topological polar surface area (TPSA) is 20.3 Å². The Labute approximate surface area is 130 Å². The molecule has 0 aromatic heterocycles. The molecule has 0 aliphatic heterocycles. The molecule has 0 spiro atoms. The largest absolute Gasteiger partial charge is 0.309 e. The zero-order valence-electron chi connectivity index (χ0n) is 10.7. The van der Waals surface area contributed by atoms with Crippen LogP contribution in [0.2, 0.25) is 5.02 Å². The molecule has 0 aliphatic carbocycles. The Bertz CT molecular complexity index is 610. The predicted octanol–water partition coefficient (Wildman–Crippen LogP) is 4.91. The zero-order valence-corrected chi connectivity index (χ0v) is 13.1. The third kappa shape index (κ3) is 3.38. The predicted molar refractivity (Wildman–Crippen MR) is 82.9 cm³/mol. The lowest BCUT2D eigenvalue weighted by molar-refractivity contribution is 0.0988. The molecule has 2 rings (SSSR count). The minimum absolute atomic E-state index is 0.178. The van der Waals surface area contributed by atoms with Crippen LogP contribution in [0.4, 0.5) is 10.1 Å². The van der Waals surface area contributed by atoms with E-state index in [1.807, 2.05) is 6.92 Å². The summed E-state index contributed by atoms with van der Waals surface area (Å²) in [6.45, 7) is 2.34. The van der Waals surface area contributed by atoms with E-state index < -0.39 is 0 Å². The van der Waals surface area contributed by atoms with Crippen molar-refractivity contribution in [2.45, 2.75) is 6.92 Å². The number of rotatable bonds is 3. The molecule has 0 atom stereocenters. The standard InChI is InChI=1S/C15H12BrClFNO/c1-2-19(14-5-3-13(18)4-6-14)15(20)10-7-11(16)9-12(17)8-10/h3-9H,2H2,1H3. The number of benzene rings is 2. The molecule has 104 valence electrons. The first-order valence-corrected chi connectivity index (χ1v) is 7.22. The van der Waals surface area contributed by atoms with Gasteiger partial charge in [-0.1, -0.05) is 27.5 Å². The van der Waals surface area contributed by atoms with Gasteiger partial charge in [0.2, 0.25) is 0 Å². The summed E-state index contributed by atoms with van der Waals surface area (Å²) >= 11 is 9.27. The Balaban J connectivity index is 2.36. The van der Waals surface area contributed by atoms with Gasteiger partial charge in [-0.2, -0.15) is 0 Å². The highest BCUT2D eigenvalue weighted by atomic mass is 79.9. The molecule has 2 aromatic carbocycles. The van der Waals surface area contributed by atoms with Crippen LogP contribution in [0, 0.1) is 5.82 Å². The molecule has 0 saturated heterocycles. The quantitative estimate of drug-likeness (QED) is 0.765. The van der Waals surface area contributed by atoms with Crippen molar-refractivity contribution in [2.24, 2.45) is 0 Å². The molecule has 0 N–H and O–H groups in total. The van der Waals surface area contributed by atoms with Gasteiger partial charge in [-0.05, 0) is 49.4 Å². The van der Waals surface area contributed by atoms with Crippen LogP contribution in [0.5, 0.6) is 0 Å². The first-order valence-electron chi connectivity index (χ1n) is 6.05.